The Hall–Kier alpha value is -1.87. The van der Waals surface area contributed by atoms with Crippen molar-refractivity contribution in [3.63, 3.8) is 0 Å². The molecule has 5 nitrogen and oxygen atoms in total. The van der Waals surface area contributed by atoms with Gasteiger partial charge in [-0.1, -0.05) is 17.3 Å². The Morgan fingerprint density at radius 3 is 2.86 bits per heavy atom. The maximum Gasteiger partial charge on any atom is 0.284 e. The SMILES string of the molecule is [N-]=[N+]=NCCCOC(O)=C1C=CC=C1. The van der Waals surface area contributed by atoms with E-state index in [-0.39, 0.29) is 5.95 Å². The minimum Gasteiger partial charge on any atom is -0.481 e. The zero-order chi connectivity index (χ0) is 10.2. The highest BCUT2D eigenvalue weighted by atomic mass is 16.6. The first kappa shape index (κ1) is 10.2. The van der Waals surface area contributed by atoms with Crippen molar-refractivity contribution >= 4 is 0 Å². The average Bonchev–Trinajstić information content (AvgIpc) is 2.70. The molecule has 0 saturated carbocycles. The second-order valence-corrected chi connectivity index (χ2v) is 2.64. The van der Waals surface area contributed by atoms with Crippen LogP contribution in [0.5, 0.6) is 0 Å². The third-order valence-corrected chi connectivity index (χ3v) is 1.61. The summed E-state index contributed by atoms with van der Waals surface area (Å²) in [6, 6.07) is 0. The van der Waals surface area contributed by atoms with Crippen molar-refractivity contribution in [2.24, 2.45) is 5.11 Å². The van der Waals surface area contributed by atoms with Gasteiger partial charge in [-0.05, 0) is 24.1 Å². The highest BCUT2D eigenvalue weighted by molar-refractivity contribution is 5.40. The molecule has 0 unspecified atom stereocenters. The number of rotatable bonds is 5. The van der Waals surface area contributed by atoms with Gasteiger partial charge in [0.2, 0.25) is 0 Å². The predicted molar refractivity (Wildman–Crippen MR) is 52.5 cm³/mol. The van der Waals surface area contributed by atoms with E-state index in [1.54, 1.807) is 12.2 Å². The molecule has 0 radical (unpaired) electrons. The van der Waals surface area contributed by atoms with Gasteiger partial charge in [0.25, 0.3) is 5.95 Å². The van der Waals surface area contributed by atoms with Crippen LogP contribution in [0.3, 0.4) is 0 Å². The second-order valence-electron chi connectivity index (χ2n) is 2.64. The summed E-state index contributed by atoms with van der Waals surface area (Å²) in [5.74, 6) is -0.0871. The number of aliphatic hydroxyl groups is 1. The quantitative estimate of drug-likeness (QED) is 0.239. The van der Waals surface area contributed by atoms with E-state index in [9.17, 15) is 5.11 Å². The van der Waals surface area contributed by atoms with Gasteiger partial charge >= 0.3 is 0 Å². The van der Waals surface area contributed by atoms with Gasteiger partial charge in [-0.15, -0.1) is 0 Å². The smallest absolute Gasteiger partial charge is 0.284 e. The summed E-state index contributed by atoms with van der Waals surface area (Å²) >= 11 is 0. The van der Waals surface area contributed by atoms with E-state index < -0.39 is 0 Å². The Morgan fingerprint density at radius 2 is 2.21 bits per heavy atom. The van der Waals surface area contributed by atoms with Gasteiger partial charge in [0.15, 0.2) is 0 Å². The Kier molecular flexibility index (Phi) is 4.17. The topological polar surface area (TPSA) is 78.2 Å². The van der Waals surface area contributed by atoms with E-state index in [2.05, 4.69) is 10.0 Å². The number of allylic oxidation sites excluding steroid dienone is 5. The monoisotopic (exact) mass is 193 g/mol. The molecule has 1 aliphatic rings. The number of ether oxygens (including phenoxy) is 1. The van der Waals surface area contributed by atoms with Gasteiger partial charge in [0.05, 0.1) is 12.2 Å². The zero-order valence-electron chi connectivity index (χ0n) is 7.63. The van der Waals surface area contributed by atoms with Crippen LogP contribution in [-0.2, 0) is 4.74 Å². The van der Waals surface area contributed by atoms with E-state index in [1.807, 2.05) is 12.2 Å². The maximum absolute atomic E-state index is 9.36. The average molecular weight is 193 g/mol. The van der Waals surface area contributed by atoms with Crippen LogP contribution in [-0.4, -0.2) is 18.3 Å². The molecule has 0 spiro atoms. The minimum atomic E-state index is -0.0871. The van der Waals surface area contributed by atoms with Crippen LogP contribution < -0.4 is 0 Å². The van der Waals surface area contributed by atoms with Crippen molar-refractivity contribution in [1.82, 2.24) is 0 Å². The molecule has 74 valence electrons. The summed E-state index contributed by atoms with van der Waals surface area (Å²) in [4.78, 5) is 2.60. The zero-order valence-corrected chi connectivity index (χ0v) is 7.63. The largest absolute Gasteiger partial charge is 0.481 e. The highest BCUT2D eigenvalue weighted by Crippen LogP contribution is 2.12. The van der Waals surface area contributed by atoms with E-state index in [1.165, 1.54) is 0 Å². The second kappa shape index (κ2) is 5.72. The number of nitrogens with zero attached hydrogens (tertiary/aromatic N) is 3. The van der Waals surface area contributed by atoms with Crippen molar-refractivity contribution in [3.05, 3.63) is 46.3 Å². The molecule has 0 aromatic rings. The van der Waals surface area contributed by atoms with Crippen LogP contribution in [0.25, 0.3) is 10.4 Å². The summed E-state index contributed by atoms with van der Waals surface area (Å²) < 4.78 is 5.02. The summed E-state index contributed by atoms with van der Waals surface area (Å²) in [5, 5.41) is 12.7. The van der Waals surface area contributed by atoms with Crippen molar-refractivity contribution in [3.8, 4) is 0 Å². The van der Waals surface area contributed by atoms with Gasteiger partial charge in [-0.2, -0.15) is 0 Å². The standard InChI is InChI=1S/C9H11N3O2/c10-12-11-6-3-7-14-9(13)8-4-1-2-5-8/h1-2,4-5,13H,3,6-7H2. The number of azide groups is 1. The fourth-order valence-electron chi connectivity index (χ4n) is 0.949. The van der Waals surface area contributed by atoms with Gasteiger partial charge in [0.1, 0.15) is 0 Å². The summed E-state index contributed by atoms with van der Waals surface area (Å²) in [7, 11) is 0. The Bertz CT molecular complexity index is 311. The van der Waals surface area contributed by atoms with Crippen LogP contribution in [0.4, 0.5) is 0 Å². The van der Waals surface area contributed by atoms with Crippen LogP contribution in [0.2, 0.25) is 0 Å². The van der Waals surface area contributed by atoms with Crippen molar-refractivity contribution < 1.29 is 9.84 Å². The lowest BCUT2D eigenvalue weighted by Crippen LogP contribution is -1.97. The van der Waals surface area contributed by atoms with Crippen LogP contribution in [0, 0.1) is 0 Å². The van der Waals surface area contributed by atoms with Gasteiger partial charge in [0, 0.05) is 11.5 Å². The molecule has 0 fully saturated rings. The van der Waals surface area contributed by atoms with Gasteiger partial charge < -0.3 is 9.84 Å². The molecule has 1 rings (SSSR count). The van der Waals surface area contributed by atoms with Gasteiger partial charge in [-0.25, -0.2) is 0 Å². The molecule has 0 heterocycles. The molecule has 1 N–H and O–H groups in total. The molecular formula is C9H11N3O2. The van der Waals surface area contributed by atoms with E-state index in [0.29, 0.717) is 25.1 Å². The number of aliphatic hydroxyl groups excluding tert-OH is 1. The first-order valence-electron chi connectivity index (χ1n) is 4.26. The first-order chi connectivity index (χ1) is 6.84. The summed E-state index contributed by atoms with van der Waals surface area (Å²) in [6.07, 6.45) is 7.73. The molecule has 14 heavy (non-hydrogen) atoms. The van der Waals surface area contributed by atoms with Crippen molar-refractivity contribution in [2.75, 3.05) is 13.2 Å². The lowest BCUT2D eigenvalue weighted by atomic mass is 10.3. The van der Waals surface area contributed by atoms with E-state index in [0.717, 1.165) is 0 Å². The molecule has 0 atom stereocenters. The van der Waals surface area contributed by atoms with E-state index >= 15 is 0 Å². The van der Waals surface area contributed by atoms with Crippen LogP contribution >= 0.6 is 0 Å². The van der Waals surface area contributed by atoms with Crippen molar-refractivity contribution in [1.29, 1.82) is 0 Å². The summed E-state index contributed by atoms with van der Waals surface area (Å²) in [6.45, 7) is 0.723. The molecule has 0 amide bonds. The lowest BCUT2D eigenvalue weighted by Gasteiger charge is -2.04. The Labute approximate surface area is 81.6 Å². The Balaban J connectivity index is 2.24. The molecule has 0 aromatic carbocycles. The van der Waals surface area contributed by atoms with E-state index in [4.69, 9.17) is 10.3 Å². The molecule has 5 heteroatoms. The predicted octanol–water partition coefficient (Wildman–Crippen LogP) is 2.60. The fourth-order valence-corrected chi connectivity index (χ4v) is 0.949. The number of hydrogen-bond donors (Lipinski definition) is 1. The molecule has 0 aliphatic heterocycles. The minimum absolute atomic E-state index is 0.0871. The third-order valence-electron chi connectivity index (χ3n) is 1.61. The van der Waals surface area contributed by atoms with Crippen molar-refractivity contribution in [2.45, 2.75) is 6.42 Å². The normalized spacial score (nSPS) is 12.7. The third kappa shape index (κ3) is 3.25. The molecular weight excluding hydrogens is 182 g/mol. The fraction of sp³-hybridized carbons (Fsp3) is 0.333. The van der Waals surface area contributed by atoms with Gasteiger partial charge in [-0.3, -0.25) is 0 Å². The number of hydrogen-bond acceptors (Lipinski definition) is 3. The van der Waals surface area contributed by atoms with Crippen LogP contribution in [0.1, 0.15) is 6.42 Å². The molecule has 1 aliphatic carbocycles. The highest BCUT2D eigenvalue weighted by Gasteiger charge is 2.02. The first-order valence-corrected chi connectivity index (χ1v) is 4.26. The van der Waals surface area contributed by atoms with Crippen LogP contribution in [0.15, 0.2) is 40.9 Å². The summed E-state index contributed by atoms with van der Waals surface area (Å²) in [5.41, 5.74) is 8.65. The maximum atomic E-state index is 9.36. The Morgan fingerprint density at radius 1 is 1.50 bits per heavy atom. The lowest BCUT2D eigenvalue weighted by molar-refractivity contribution is 0.0906. The molecule has 0 bridgehead atoms. The molecule has 0 aromatic heterocycles. The molecule has 0 saturated heterocycles.